The number of piperazine rings is 1. The van der Waals surface area contributed by atoms with Gasteiger partial charge in [0, 0.05) is 25.3 Å². The molecule has 1 saturated heterocycles. The molecule has 70 valence electrons. The quantitative estimate of drug-likeness (QED) is 0.657. The van der Waals surface area contributed by atoms with Gasteiger partial charge in [0.05, 0.1) is 0 Å². The van der Waals surface area contributed by atoms with Gasteiger partial charge in [-0.05, 0) is 12.1 Å². The third-order valence-corrected chi connectivity index (χ3v) is 2.27. The Morgan fingerprint density at radius 2 is 2.08 bits per heavy atom. The first kappa shape index (κ1) is 8.51. The summed E-state index contributed by atoms with van der Waals surface area (Å²) in [6, 6.07) is 9.70. The molecule has 0 radical (unpaired) electrons. The SMILES string of the molecule is FC1CNCCN1c1ccccc1. The molecule has 13 heavy (non-hydrogen) atoms. The van der Waals surface area contributed by atoms with Crippen LogP contribution in [-0.2, 0) is 0 Å². The molecule has 0 aliphatic carbocycles. The van der Waals surface area contributed by atoms with E-state index in [1.807, 2.05) is 30.3 Å². The lowest BCUT2D eigenvalue weighted by Gasteiger charge is -2.32. The van der Waals surface area contributed by atoms with E-state index in [1.54, 1.807) is 4.90 Å². The van der Waals surface area contributed by atoms with E-state index in [0.717, 1.165) is 18.8 Å². The lowest BCUT2D eigenvalue weighted by Crippen LogP contribution is -2.49. The second kappa shape index (κ2) is 3.75. The molecule has 1 fully saturated rings. The third kappa shape index (κ3) is 1.80. The van der Waals surface area contributed by atoms with E-state index < -0.39 is 6.30 Å². The van der Waals surface area contributed by atoms with Gasteiger partial charge in [0.1, 0.15) is 0 Å². The average Bonchev–Trinajstić information content (AvgIpc) is 2.20. The van der Waals surface area contributed by atoms with Gasteiger partial charge in [-0.15, -0.1) is 0 Å². The molecule has 1 aliphatic heterocycles. The van der Waals surface area contributed by atoms with E-state index in [0.29, 0.717) is 6.54 Å². The van der Waals surface area contributed by atoms with E-state index in [-0.39, 0.29) is 0 Å². The molecule has 0 bridgehead atoms. The maximum absolute atomic E-state index is 13.4. The van der Waals surface area contributed by atoms with E-state index in [9.17, 15) is 4.39 Å². The summed E-state index contributed by atoms with van der Waals surface area (Å²) in [6.07, 6.45) is -0.892. The van der Waals surface area contributed by atoms with Crippen LogP contribution in [0.25, 0.3) is 0 Å². The Bertz CT molecular complexity index is 263. The molecule has 2 rings (SSSR count). The van der Waals surface area contributed by atoms with Crippen LogP contribution in [-0.4, -0.2) is 25.9 Å². The lowest BCUT2D eigenvalue weighted by atomic mass is 10.2. The highest BCUT2D eigenvalue weighted by atomic mass is 19.1. The second-order valence-electron chi connectivity index (χ2n) is 3.17. The Kier molecular flexibility index (Phi) is 2.45. The fourth-order valence-corrected chi connectivity index (χ4v) is 1.58. The first-order valence-corrected chi connectivity index (χ1v) is 4.54. The fraction of sp³-hybridized carbons (Fsp3) is 0.400. The van der Waals surface area contributed by atoms with Crippen molar-refractivity contribution in [2.45, 2.75) is 6.30 Å². The first-order valence-electron chi connectivity index (χ1n) is 4.54. The van der Waals surface area contributed by atoms with Crippen molar-refractivity contribution in [3.8, 4) is 0 Å². The lowest BCUT2D eigenvalue weighted by molar-refractivity contribution is 0.281. The summed E-state index contributed by atoms with van der Waals surface area (Å²) in [5.74, 6) is 0. The molecule has 1 N–H and O–H groups in total. The van der Waals surface area contributed by atoms with Gasteiger partial charge < -0.3 is 10.2 Å². The topological polar surface area (TPSA) is 15.3 Å². The van der Waals surface area contributed by atoms with Crippen LogP contribution in [0.1, 0.15) is 0 Å². The zero-order chi connectivity index (χ0) is 9.10. The number of anilines is 1. The van der Waals surface area contributed by atoms with Crippen LogP contribution in [0.3, 0.4) is 0 Å². The molecule has 0 saturated carbocycles. The van der Waals surface area contributed by atoms with E-state index in [1.165, 1.54) is 0 Å². The predicted molar refractivity (Wildman–Crippen MR) is 51.6 cm³/mol. The second-order valence-corrected chi connectivity index (χ2v) is 3.17. The number of benzene rings is 1. The maximum atomic E-state index is 13.4. The highest BCUT2D eigenvalue weighted by Crippen LogP contribution is 2.17. The Morgan fingerprint density at radius 1 is 1.31 bits per heavy atom. The third-order valence-electron chi connectivity index (χ3n) is 2.27. The molecular formula is C10H13FN2. The van der Waals surface area contributed by atoms with Crippen molar-refractivity contribution in [2.75, 3.05) is 24.5 Å². The highest BCUT2D eigenvalue weighted by molar-refractivity contribution is 5.46. The molecule has 1 heterocycles. The van der Waals surface area contributed by atoms with E-state index in [4.69, 9.17) is 0 Å². The molecule has 1 atom stereocenters. The number of hydrogen-bond donors (Lipinski definition) is 1. The van der Waals surface area contributed by atoms with Crippen LogP contribution in [0.4, 0.5) is 10.1 Å². The number of nitrogens with one attached hydrogen (secondary N) is 1. The van der Waals surface area contributed by atoms with Gasteiger partial charge >= 0.3 is 0 Å². The summed E-state index contributed by atoms with van der Waals surface area (Å²) >= 11 is 0. The summed E-state index contributed by atoms with van der Waals surface area (Å²) < 4.78 is 13.4. The number of hydrogen-bond acceptors (Lipinski definition) is 2. The van der Waals surface area contributed by atoms with Gasteiger partial charge in [-0.25, -0.2) is 4.39 Å². The van der Waals surface area contributed by atoms with Crippen LogP contribution in [0, 0.1) is 0 Å². The van der Waals surface area contributed by atoms with Gasteiger partial charge in [0.15, 0.2) is 6.30 Å². The molecule has 3 heteroatoms. The normalized spacial score (nSPS) is 23.2. The Labute approximate surface area is 77.4 Å². The number of nitrogens with zero attached hydrogens (tertiary/aromatic N) is 1. The van der Waals surface area contributed by atoms with Crippen molar-refractivity contribution in [1.82, 2.24) is 5.32 Å². The summed E-state index contributed by atoms with van der Waals surface area (Å²) in [5.41, 5.74) is 0.969. The number of rotatable bonds is 1. The fourth-order valence-electron chi connectivity index (χ4n) is 1.58. The molecule has 1 aromatic carbocycles. The van der Waals surface area contributed by atoms with Gasteiger partial charge in [-0.2, -0.15) is 0 Å². The number of para-hydroxylation sites is 1. The zero-order valence-corrected chi connectivity index (χ0v) is 7.41. The summed E-state index contributed by atoms with van der Waals surface area (Å²) in [4.78, 5) is 1.79. The minimum atomic E-state index is -0.892. The highest BCUT2D eigenvalue weighted by Gasteiger charge is 2.20. The van der Waals surface area contributed by atoms with Gasteiger partial charge in [-0.1, -0.05) is 18.2 Å². The van der Waals surface area contributed by atoms with E-state index >= 15 is 0 Å². The summed E-state index contributed by atoms with van der Waals surface area (Å²) in [7, 11) is 0. The number of alkyl halides is 1. The van der Waals surface area contributed by atoms with Crippen molar-refractivity contribution in [3.05, 3.63) is 30.3 Å². The molecule has 0 spiro atoms. The van der Waals surface area contributed by atoms with Crippen LogP contribution in [0.15, 0.2) is 30.3 Å². The van der Waals surface area contributed by atoms with Gasteiger partial charge in [0.2, 0.25) is 0 Å². The Morgan fingerprint density at radius 3 is 2.77 bits per heavy atom. The van der Waals surface area contributed by atoms with Crippen molar-refractivity contribution >= 4 is 5.69 Å². The van der Waals surface area contributed by atoms with Gasteiger partial charge in [0.25, 0.3) is 0 Å². The van der Waals surface area contributed by atoms with Crippen molar-refractivity contribution in [1.29, 1.82) is 0 Å². The molecule has 1 unspecified atom stereocenters. The standard InChI is InChI=1S/C10H13FN2/c11-10-8-12-6-7-13(10)9-4-2-1-3-5-9/h1-5,10,12H,6-8H2. The molecule has 1 aromatic rings. The van der Waals surface area contributed by atoms with Crippen LogP contribution in [0.5, 0.6) is 0 Å². The van der Waals surface area contributed by atoms with Crippen LogP contribution >= 0.6 is 0 Å². The summed E-state index contributed by atoms with van der Waals surface area (Å²) in [6.45, 7) is 2.02. The van der Waals surface area contributed by atoms with Crippen molar-refractivity contribution in [3.63, 3.8) is 0 Å². The zero-order valence-electron chi connectivity index (χ0n) is 7.41. The maximum Gasteiger partial charge on any atom is 0.185 e. The van der Waals surface area contributed by atoms with Crippen LogP contribution < -0.4 is 10.2 Å². The molecule has 0 amide bonds. The molecule has 0 aromatic heterocycles. The number of halogens is 1. The largest absolute Gasteiger partial charge is 0.340 e. The summed E-state index contributed by atoms with van der Waals surface area (Å²) in [5, 5.41) is 3.02. The molecule has 1 aliphatic rings. The minimum Gasteiger partial charge on any atom is -0.340 e. The molecular weight excluding hydrogens is 167 g/mol. The predicted octanol–water partition coefficient (Wildman–Crippen LogP) is 1.39. The minimum absolute atomic E-state index is 0.425. The van der Waals surface area contributed by atoms with Crippen LogP contribution in [0.2, 0.25) is 0 Å². The van der Waals surface area contributed by atoms with Gasteiger partial charge in [-0.3, -0.25) is 0 Å². The Balaban J connectivity index is 2.15. The average molecular weight is 180 g/mol. The van der Waals surface area contributed by atoms with Crippen molar-refractivity contribution < 1.29 is 4.39 Å². The monoisotopic (exact) mass is 180 g/mol. The first-order chi connectivity index (χ1) is 6.38. The Hall–Kier alpha value is -1.09. The van der Waals surface area contributed by atoms with E-state index in [2.05, 4.69) is 5.32 Å². The van der Waals surface area contributed by atoms with Crippen molar-refractivity contribution in [2.24, 2.45) is 0 Å². The molecule has 2 nitrogen and oxygen atoms in total. The smallest absolute Gasteiger partial charge is 0.185 e.